The molecule has 12 heavy (non-hydrogen) atoms. The van der Waals surface area contributed by atoms with Crippen molar-refractivity contribution in [3.05, 3.63) is 11.6 Å². The van der Waals surface area contributed by atoms with Crippen LogP contribution < -0.4 is 0 Å². The maximum absolute atomic E-state index is 9.01. The molecule has 0 radical (unpaired) electrons. The lowest BCUT2D eigenvalue weighted by Crippen LogP contribution is -2.18. The van der Waals surface area contributed by atoms with Crippen LogP contribution in [0.4, 0.5) is 0 Å². The van der Waals surface area contributed by atoms with E-state index in [9.17, 15) is 0 Å². The average Bonchev–Trinajstić information content (AvgIpc) is 2.50. The Morgan fingerprint density at radius 2 is 1.92 bits per heavy atom. The van der Waals surface area contributed by atoms with Crippen LogP contribution in [0.2, 0.25) is 0 Å². The molecular weight excluding hydrogens is 148 g/mol. The first-order chi connectivity index (χ1) is 5.85. The average molecular weight is 166 g/mol. The molecule has 0 saturated heterocycles. The third kappa shape index (κ3) is 1.42. The highest BCUT2D eigenvalue weighted by atomic mass is 16.3. The van der Waals surface area contributed by atoms with Gasteiger partial charge in [-0.15, -0.1) is 0 Å². The van der Waals surface area contributed by atoms with Gasteiger partial charge >= 0.3 is 0 Å². The van der Waals surface area contributed by atoms with Crippen LogP contribution in [0.25, 0.3) is 0 Å². The first-order valence-electron chi connectivity index (χ1n) is 5.16. The summed E-state index contributed by atoms with van der Waals surface area (Å²) in [5, 5.41) is 9.01. The normalized spacial score (nSPS) is 27.6. The van der Waals surface area contributed by atoms with E-state index in [0.29, 0.717) is 12.0 Å². The summed E-state index contributed by atoms with van der Waals surface area (Å²) >= 11 is 0. The van der Waals surface area contributed by atoms with Gasteiger partial charge < -0.3 is 5.11 Å². The van der Waals surface area contributed by atoms with Crippen molar-refractivity contribution >= 4 is 0 Å². The van der Waals surface area contributed by atoms with Crippen molar-refractivity contribution in [3.8, 4) is 0 Å². The molecular formula is C11H18O. The van der Waals surface area contributed by atoms with Crippen molar-refractivity contribution in [1.29, 1.82) is 0 Å². The van der Waals surface area contributed by atoms with Crippen LogP contribution in [-0.2, 0) is 0 Å². The summed E-state index contributed by atoms with van der Waals surface area (Å²) in [5.41, 5.74) is 1.81. The van der Waals surface area contributed by atoms with Gasteiger partial charge in [0, 0.05) is 0 Å². The fourth-order valence-corrected chi connectivity index (χ4v) is 2.76. The zero-order chi connectivity index (χ0) is 8.44. The largest absolute Gasteiger partial charge is 0.392 e. The summed E-state index contributed by atoms with van der Waals surface area (Å²) in [6.07, 6.45) is 11.8. The number of aliphatic hydroxyl groups is 1. The van der Waals surface area contributed by atoms with E-state index in [-0.39, 0.29) is 0 Å². The summed E-state index contributed by atoms with van der Waals surface area (Å²) in [5.74, 6) is 0. The predicted molar refractivity (Wildman–Crippen MR) is 49.9 cm³/mol. The van der Waals surface area contributed by atoms with Gasteiger partial charge in [-0.3, -0.25) is 0 Å². The van der Waals surface area contributed by atoms with E-state index >= 15 is 0 Å². The van der Waals surface area contributed by atoms with Gasteiger partial charge in [-0.2, -0.15) is 0 Å². The Balaban J connectivity index is 2.06. The van der Waals surface area contributed by atoms with E-state index in [0.717, 1.165) is 6.42 Å². The van der Waals surface area contributed by atoms with E-state index in [1.54, 1.807) is 0 Å². The molecule has 1 saturated carbocycles. The van der Waals surface area contributed by atoms with Gasteiger partial charge in [0.1, 0.15) is 0 Å². The maximum atomic E-state index is 9.01. The molecule has 1 nitrogen and oxygen atoms in total. The van der Waals surface area contributed by atoms with E-state index in [1.165, 1.54) is 44.1 Å². The molecule has 0 bridgehead atoms. The van der Waals surface area contributed by atoms with Gasteiger partial charge in [0.05, 0.1) is 6.61 Å². The van der Waals surface area contributed by atoms with E-state index in [1.807, 2.05) is 0 Å². The molecule has 2 rings (SSSR count). The molecule has 1 spiro atoms. The Hall–Kier alpha value is -0.300. The molecule has 1 heteroatoms. The quantitative estimate of drug-likeness (QED) is 0.594. The second-order valence-electron chi connectivity index (χ2n) is 4.38. The van der Waals surface area contributed by atoms with Gasteiger partial charge in [0.25, 0.3) is 0 Å². The monoisotopic (exact) mass is 166 g/mol. The van der Waals surface area contributed by atoms with Crippen LogP contribution >= 0.6 is 0 Å². The molecule has 1 fully saturated rings. The molecule has 2 aliphatic rings. The molecule has 0 aliphatic heterocycles. The van der Waals surface area contributed by atoms with Crippen molar-refractivity contribution in [2.24, 2.45) is 5.41 Å². The molecule has 0 amide bonds. The SMILES string of the molecule is OCC1=CC2(CCCCC2)CC1. The number of hydrogen-bond donors (Lipinski definition) is 1. The molecule has 2 aliphatic carbocycles. The highest BCUT2D eigenvalue weighted by Crippen LogP contribution is 2.46. The molecule has 0 aromatic heterocycles. The van der Waals surface area contributed by atoms with Gasteiger partial charge in [-0.25, -0.2) is 0 Å². The molecule has 1 N–H and O–H groups in total. The van der Waals surface area contributed by atoms with E-state index in [4.69, 9.17) is 5.11 Å². The Kier molecular flexibility index (Phi) is 2.22. The molecule has 0 unspecified atom stereocenters. The number of allylic oxidation sites excluding steroid dienone is 1. The minimum atomic E-state index is 0.293. The second-order valence-corrected chi connectivity index (χ2v) is 4.38. The topological polar surface area (TPSA) is 20.2 Å². The van der Waals surface area contributed by atoms with Crippen molar-refractivity contribution in [3.63, 3.8) is 0 Å². The van der Waals surface area contributed by atoms with Crippen LogP contribution in [0.3, 0.4) is 0 Å². The minimum absolute atomic E-state index is 0.293. The summed E-state index contributed by atoms with van der Waals surface area (Å²) < 4.78 is 0. The third-order valence-corrected chi connectivity index (χ3v) is 3.51. The lowest BCUT2D eigenvalue weighted by molar-refractivity contribution is 0.254. The Morgan fingerprint density at radius 1 is 1.17 bits per heavy atom. The van der Waals surface area contributed by atoms with Gasteiger partial charge in [0.2, 0.25) is 0 Å². The van der Waals surface area contributed by atoms with E-state index in [2.05, 4.69) is 6.08 Å². The van der Waals surface area contributed by atoms with Crippen LogP contribution in [0.15, 0.2) is 11.6 Å². The summed E-state index contributed by atoms with van der Waals surface area (Å²) in [6.45, 7) is 0.293. The standard InChI is InChI=1S/C11H18O/c12-9-10-4-7-11(8-10)5-2-1-3-6-11/h8,12H,1-7,9H2. The number of rotatable bonds is 1. The van der Waals surface area contributed by atoms with Crippen LogP contribution in [-0.4, -0.2) is 11.7 Å². The molecule has 0 aromatic carbocycles. The Morgan fingerprint density at radius 3 is 2.50 bits per heavy atom. The minimum Gasteiger partial charge on any atom is -0.392 e. The van der Waals surface area contributed by atoms with Crippen molar-refractivity contribution in [2.75, 3.05) is 6.61 Å². The zero-order valence-corrected chi connectivity index (χ0v) is 7.68. The molecule has 0 atom stereocenters. The fraction of sp³-hybridized carbons (Fsp3) is 0.818. The fourth-order valence-electron chi connectivity index (χ4n) is 2.76. The summed E-state index contributed by atoms with van der Waals surface area (Å²) in [4.78, 5) is 0. The lowest BCUT2D eigenvalue weighted by atomic mass is 9.74. The first-order valence-corrected chi connectivity index (χ1v) is 5.16. The van der Waals surface area contributed by atoms with E-state index < -0.39 is 0 Å². The molecule has 0 aromatic rings. The number of hydrogen-bond acceptors (Lipinski definition) is 1. The molecule has 68 valence electrons. The Labute approximate surface area is 74.5 Å². The van der Waals surface area contributed by atoms with Crippen LogP contribution in [0.5, 0.6) is 0 Å². The highest BCUT2D eigenvalue weighted by molar-refractivity contribution is 5.17. The zero-order valence-electron chi connectivity index (χ0n) is 7.68. The highest BCUT2D eigenvalue weighted by Gasteiger charge is 2.33. The van der Waals surface area contributed by atoms with Gasteiger partial charge in [-0.1, -0.05) is 25.3 Å². The van der Waals surface area contributed by atoms with Crippen LogP contribution in [0.1, 0.15) is 44.9 Å². The van der Waals surface area contributed by atoms with Crippen molar-refractivity contribution < 1.29 is 5.11 Å². The maximum Gasteiger partial charge on any atom is 0.0641 e. The lowest BCUT2D eigenvalue weighted by Gasteiger charge is -2.31. The van der Waals surface area contributed by atoms with Gasteiger partial charge in [0.15, 0.2) is 0 Å². The predicted octanol–water partition coefficient (Wildman–Crippen LogP) is 2.65. The first kappa shape index (κ1) is 8.31. The van der Waals surface area contributed by atoms with Crippen molar-refractivity contribution in [2.45, 2.75) is 44.9 Å². The van der Waals surface area contributed by atoms with Crippen molar-refractivity contribution in [1.82, 2.24) is 0 Å². The molecule has 0 heterocycles. The smallest absolute Gasteiger partial charge is 0.0641 e. The van der Waals surface area contributed by atoms with Crippen LogP contribution in [0, 0.1) is 5.41 Å². The number of aliphatic hydroxyl groups excluding tert-OH is 1. The Bertz CT molecular complexity index is 187. The third-order valence-electron chi connectivity index (χ3n) is 3.51. The summed E-state index contributed by atoms with van der Waals surface area (Å²) in [7, 11) is 0. The second kappa shape index (κ2) is 3.21. The summed E-state index contributed by atoms with van der Waals surface area (Å²) in [6, 6.07) is 0. The van der Waals surface area contributed by atoms with Gasteiger partial charge in [-0.05, 0) is 36.7 Å².